The van der Waals surface area contributed by atoms with E-state index in [2.05, 4.69) is 31.1 Å². The molecule has 0 saturated heterocycles. The first-order chi connectivity index (χ1) is 11.0. The van der Waals surface area contributed by atoms with Crippen LogP contribution in [0, 0.1) is 6.92 Å². The number of halogens is 1. The largest absolute Gasteiger partial charge is 0.326 e. The third kappa shape index (κ3) is 6.12. The van der Waals surface area contributed by atoms with Crippen LogP contribution < -0.4 is 5.32 Å². The molecular formula is C18H22BrN3O. The van der Waals surface area contributed by atoms with Crippen molar-refractivity contribution in [3.05, 3.63) is 58.3 Å². The molecule has 0 aliphatic carbocycles. The summed E-state index contributed by atoms with van der Waals surface area (Å²) in [7, 11) is 2.04. The van der Waals surface area contributed by atoms with Crippen LogP contribution in [0.1, 0.15) is 17.5 Å². The number of anilines is 1. The summed E-state index contributed by atoms with van der Waals surface area (Å²) in [5.41, 5.74) is 3.19. The highest BCUT2D eigenvalue weighted by atomic mass is 79.9. The summed E-state index contributed by atoms with van der Waals surface area (Å²) in [6, 6.07) is 9.90. The van der Waals surface area contributed by atoms with Crippen LogP contribution in [0.5, 0.6) is 0 Å². The zero-order valence-electron chi connectivity index (χ0n) is 13.6. The summed E-state index contributed by atoms with van der Waals surface area (Å²) in [5, 5.41) is 2.97. The first-order valence-corrected chi connectivity index (χ1v) is 8.47. The average molecular weight is 376 g/mol. The van der Waals surface area contributed by atoms with Gasteiger partial charge in [0.05, 0.1) is 0 Å². The fraction of sp³-hybridized carbons (Fsp3) is 0.333. The number of likely N-dealkylation sites (N-methyl/N-ethyl adjacent to an activating group) is 1. The van der Waals surface area contributed by atoms with Crippen molar-refractivity contribution in [2.45, 2.75) is 19.8 Å². The molecule has 0 bridgehead atoms. The van der Waals surface area contributed by atoms with Gasteiger partial charge in [-0.1, -0.05) is 15.9 Å². The Labute approximate surface area is 146 Å². The first kappa shape index (κ1) is 17.6. The quantitative estimate of drug-likeness (QED) is 0.802. The second-order valence-electron chi connectivity index (χ2n) is 5.67. The molecule has 1 aromatic heterocycles. The summed E-state index contributed by atoms with van der Waals surface area (Å²) in [5.74, 6) is 0.0474. The molecule has 2 rings (SSSR count). The van der Waals surface area contributed by atoms with Crippen LogP contribution >= 0.6 is 15.9 Å². The van der Waals surface area contributed by atoms with Gasteiger partial charge in [0.25, 0.3) is 0 Å². The van der Waals surface area contributed by atoms with Gasteiger partial charge in [-0.05, 0) is 61.9 Å². The first-order valence-electron chi connectivity index (χ1n) is 7.68. The van der Waals surface area contributed by atoms with Gasteiger partial charge in [-0.15, -0.1) is 0 Å². The van der Waals surface area contributed by atoms with E-state index in [1.165, 1.54) is 5.56 Å². The molecule has 1 aromatic carbocycles. The number of carbonyl (C=O) groups is 1. The van der Waals surface area contributed by atoms with Crippen molar-refractivity contribution in [3.8, 4) is 0 Å². The predicted octanol–water partition coefficient (Wildman–Crippen LogP) is 3.66. The number of carbonyl (C=O) groups excluding carboxylic acids is 1. The van der Waals surface area contributed by atoms with E-state index in [0.29, 0.717) is 6.42 Å². The van der Waals surface area contributed by atoms with Crippen LogP contribution in [0.15, 0.2) is 47.2 Å². The molecule has 0 atom stereocenters. The lowest BCUT2D eigenvalue weighted by molar-refractivity contribution is -0.116. The maximum Gasteiger partial charge on any atom is 0.225 e. The SMILES string of the molecule is Cc1cc(Br)ccc1NC(=O)CCN(C)CCc1ccncc1. The molecular weight excluding hydrogens is 354 g/mol. The number of aryl methyl sites for hydroxylation is 1. The molecule has 0 fully saturated rings. The number of nitrogens with one attached hydrogen (secondary N) is 1. The third-order valence-corrected chi connectivity index (χ3v) is 4.21. The third-order valence-electron chi connectivity index (χ3n) is 3.71. The van der Waals surface area contributed by atoms with Crippen molar-refractivity contribution in [3.63, 3.8) is 0 Å². The van der Waals surface area contributed by atoms with Crippen LogP contribution in [-0.2, 0) is 11.2 Å². The number of rotatable bonds is 7. The molecule has 0 unspecified atom stereocenters. The van der Waals surface area contributed by atoms with E-state index >= 15 is 0 Å². The Morgan fingerprint density at radius 1 is 1.22 bits per heavy atom. The molecule has 122 valence electrons. The van der Waals surface area contributed by atoms with Crippen molar-refractivity contribution in [2.75, 3.05) is 25.5 Å². The monoisotopic (exact) mass is 375 g/mol. The van der Waals surface area contributed by atoms with Crippen LogP contribution in [0.2, 0.25) is 0 Å². The summed E-state index contributed by atoms with van der Waals surface area (Å²) < 4.78 is 1.02. The van der Waals surface area contributed by atoms with Gasteiger partial charge in [0.15, 0.2) is 0 Å². The zero-order valence-corrected chi connectivity index (χ0v) is 15.1. The fourth-order valence-corrected chi connectivity index (χ4v) is 2.73. The van der Waals surface area contributed by atoms with Gasteiger partial charge in [-0.3, -0.25) is 9.78 Å². The average Bonchev–Trinajstić information content (AvgIpc) is 2.54. The van der Waals surface area contributed by atoms with Crippen LogP contribution in [-0.4, -0.2) is 35.9 Å². The number of pyridine rings is 1. The van der Waals surface area contributed by atoms with Gasteiger partial charge in [0.2, 0.25) is 5.91 Å². The number of amides is 1. The Morgan fingerprint density at radius 3 is 2.65 bits per heavy atom. The number of nitrogens with zero attached hydrogens (tertiary/aromatic N) is 2. The second-order valence-corrected chi connectivity index (χ2v) is 6.58. The lowest BCUT2D eigenvalue weighted by atomic mass is 10.2. The summed E-state index contributed by atoms with van der Waals surface area (Å²) >= 11 is 3.43. The van der Waals surface area contributed by atoms with Gasteiger partial charge < -0.3 is 10.2 Å². The summed E-state index contributed by atoms with van der Waals surface area (Å²) in [4.78, 5) is 18.3. The smallest absolute Gasteiger partial charge is 0.225 e. The maximum atomic E-state index is 12.1. The molecule has 23 heavy (non-hydrogen) atoms. The van der Waals surface area contributed by atoms with Crippen LogP contribution in [0.3, 0.4) is 0 Å². The lowest BCUT2D eigenvalue weighted by Crippen LogP contribution is -2.26. The van der Waals surface area contributed by atoms with Crippen molar-refractivity contribution < 1.29 is 4.79 Å². The van der Waals surface area contributed by atoms with Gasteiger partial charge in [-0.25, -0.2) is 0 Å². The minimum absolute atomic E-state index is 0.0474. The van der Waals surface area contributed by atoms with Gasteiger partial charge in [0.1, 0.15) is 0 Å². The normalized spacial score (nSPS) is 10.8. The minimum Gasteiger partial charge on any atom is -0.326 e. The minimum atomic E-state index is 0.0474. The summed E-state index contributed by atoms with van der Waals surface area (Å²) in [6.45, 7) is 3.66. The number of aromatic nitrogens is 1. The summed E-state index contributed by atoms with van der Waals surface area (Å²) in [6.07, 6.45) is 5.07. The molecule has 0 saturated carbocycles. The van der Waals surface area contributed by atoms with Crippen molar-refractivity contribution in [1.29, 1.82) is 0 Å². The van der Waals surface area contributed by atoms with Crippen LogP contribution in [0.4, 0.5) is 5.69 Å². The highest BCUT2D eigenvalue weighted by molar-refractivity contribution is 9.10. The highest BCUT2D eigenvalue weighted by Gasteiger charge is 2.07. The van der Waals surface area contributed by atoms with Crippen molar-refractivity contribution >= 4 is 27.5 Å². The van der Waals surface area contributed by atoms with E-state index in [1.807, 2.05) is 56.7 Å². The molecule has 0 aliphatic heterocycles. The molecule has 1 N–H and O–H groups in total. The topological polar surface area (TPSA) is 45.2 Å². The van der Waals surface area contributed by atoms with E-state index in [-0.39, 0.29) is 5.91 Å². The van der Waals surface area contributed by atoms with Crippen molar-refractivity contribution in [1.82, 2.24) is 9.88 Å². The number of benzene rings is 1. The van der Waals surface area contributed by atoms with Gasteiger partial charge >= 0.3 is 0 Å². The zero-order chi connectivity index (χ0) is 16.7. The highest BCUT2D eigenvalue weighted by Crippen LogP contribution is 2.20. The Hall–Kier alpha value is -1.72. The van der Waals surface area contributed by atoms with E-state index in [0.717, 1.165) is 35.2 Å². The number of hydrogen-bond acceptors (Lipinski definition) is 3. The molecule has 0 spiro atoms. The van der Waals surface area contributed by atoms with Crippen molar-refractivity contribution in [2.24, 2.45) is 0 Å². The Morgan fingerprint density at radius 2 is 1.96 bits per heavy atom. The maximum absolute atomic E-state index is 12.1. The molecule has 1 amide bonds. The molecule has 0 radical (unpaired) electrons. The fourth-order valence-electron chi connectivity index (χ4n) is 2.25. The number of hydrogen-bond donors (Lipinski definition) is 1. The van der Waals surface area contributed by atoms with E-state index in [4.69, 9.17) is 0 Å². The van der Waals surface area contributed by atoms with E-state index < -0.39 is 0 Å². The second kappa shape index (κ2) is 8.79. The Balaban J connectivity index is 1.73. The van der Waals surface area contributed by atoms with Gasteiger partial charge in [0, 0.05) is 42.1 Å². The van der Waals surface area contributed by atoms with Crippen LogP contribution in [0.25, 0.3) is 0 Å². The predicted molar refractivity (Wildman–Crippen MR) is 97.6 cm³/mol. The van der Waals surface area contributed by atoms with E-state index in [9.17, 15) is 4.79 Å². The standard InChI is InChI=1S/C18H22BrN3O/c1-14-13-16(19)3-4-17(14)21-18(23)8-12-22(2)11-7-15-5-9-20-10-6-15/h3-6,9-10,13H,7-8,11-12H2,1-2H3,(H,21,23). The van der Waals surface area contributed by atoms with E-state index in [1.54, 1.807) is 0 Å². The molecule has 4 nitrogen and oxygen atoms in total. The molecule has 1 heterocycles. The van der Waals surface area contributed by atoms with Gasteiger partial charge in [-0.2, -0.15) is 0 Å². The molecule has 2 aromatic rings. The Kier molecular flexibility index (Phi) is 6.74. The lowest BCUT2D eigenvalue weighted by Gasteiger charge is -2.16. The molecule has 5 heteroatoms. The Bertz CT molecular complexity index is 646. The molecule has 0 aliphatic rings.